The van der Waals surface area contributed by atoms with Crippen molar-refractivity contribution >= 4 is 34.2 Å². The van der Waals surface area contributed by atoms with Gasteiger partial charge in [-0.05, 0) is 52.3 Å². The summed E-state index contributed by atoms with van der Waals surface area (Å²) in [6, 6.07) is 1.60. The van der Waals surface area contributed by atoms with E-state index in [0.29, 0.717) is 36.3 Å². The Morgan fingerprint density at radius 2 is 2.03 bits per heavy atom. The van der Waals surface area contributed by atoms with Crippen molar-refractivity contribution in [3.05, 3.63) is 38.9 Å². The summed E-state index contributed by atoms with van der Waals surface area (Å²) in [7, 11) is 4.07. The van der Waals surface area contributed by atoms with Crippen LogP contribution in [0.25, 0.3) is 10.9 Å². The number of pyridine rings is 1. The molecule has 1 saturated heterocycles. The van der Waals surface area contributed by atoms with E-state index in [-0.39, 0.29) is 22.0 Å². The van der Waals surface area contributed by atoms with Crippen LogP contribution in [-0.2, 0) is 0 Å². The fourth-order valence-electron chi connectivity index (χ4n) is 4.32. The summed E-state index contributed by atoms with van der Waals surface area (Å²) in [6.07, 6.45) is 4.05. The van der Waals surface area contributed by atoms with Gasteiger partial charge in [0.2, 0.25) is 5.43 Å². The highest BCUT2D eigenvalue weighted by Gasteiger charge is 2.33. The number of hydrogen-bond donors (Lipinski definition) is 1. The number of rotatable bonds is 5. The van der Waals surface area contributed by atoms with Crippen LogP contribution in [0.1, 0.15) is 42.6 Å². The van der Waals surface area contributed by atoms with Crippen LogP contribution >= 0.6 is 11.6 Å². The molecule has 4 rings (SSSR count). The van der Waals surface area contributed by atoms with Gasteiger partial charge in [-0.3, -0.25) is 4.79 Å². The number of aromatic carboxylic acids is 1. The largest absolute Gasteiger partial charge is 0.477 e. The molecule has 2 heterocycles. The number of aromatic nitrogens is 1. The van der Waals surface area contributed by atoms with E-state index in [4.69, 9.17) is 11.6 Å². The summed E-state index contributed by atoms with van der Waals surface area (Å²) in [5.41, 5.74) is -0.305. The molecule has 2 fully saturated rings. The third-order valence-corrected chi connectivity index (χ3v) is 6.75. The van der Waals surface area contributed by atoms with Gasteiger partial charge in [-0.15, -0.1) is 0 Å². The molecule has 0 unspecified atom stereocenters. The smallest absolute Gasteiger partial charge is 0.341 e. The second-order valence-corrected chi connectivity index (χ2v) is 8.81. The molecule has 2 atom stereocenters. The average Bonchev–Trinajstić information content (AvgIpc) is 3.39. The molecule has 2 aromatic rings. The summed E-state index contributed by atoms with van der Waals surface area (Å²) in [6.45, 7) is 3.53. The number of fused-ring (bicyclic) bond motifs is 1. The van der Waals surface area contributed by atoms with Gasteiger partial charge < -0.3 is 19.5 Å². The summed E-state index contributed by atoms with van der Waals surface area (Å²) >= 11 is 6.70. The first-order valence-electron chi connectivity index (χ1n) is 9.92. The number of nitrogens with zero attached hydrogens (tertiary/aromatic N) is 3. The van der Waals surface area contributed by atoms with Gasteiger partial charge in [0, 0.05) is 31.4 Å². The lowest BCUT2D eigenvalue weighted by molar-refractivity contribution is 0.0695. The standard InChI is InChI=1S/C21H25ClFN3O3/c1-11(24(2)3)12-6-7-25(9-12)19-16(23)8-14-18(17(19)22)26(13-4-5-13)10-15(20(14)27)21(28)29/h8,10-13H,4-7,9H2,1-3H3,(H,28,29)/t11-,12-/m1/s1. The second-order valence-electron chi connectivity index (χ2n) is 8.43. The summed E-state index contributed by atoms with van der Waals surface area (Å²) < 4.78 is 16.9. The van der Waals surface area contributed by atoms with E-state index in [9.17, 15) is 14.7 Å². The van der Waals surface area contributed by atoms with E-state index >= 15 is 4.39 Å². The fourth-order valence-corrected chi connectivity index (χ4v) is 4.73. The predicted octanol–water partition coefficient (Wildman–Crippen LogP) is 3.60. The highest BCUT2D eigenvalue weighted by molar-refractivity contribution is 6.38. The summed E-state index contributed by atoms with van der Waals surface area (Å²) in [5, 5.41) is 9.61. The maximum absolute atomic E-state index is 15.1. The molecule has 0 radical (unpaired) electrons. The highest BCUT2D eigenvalue weighted by atomic mass is 35.5. The lowest BCUT2D eigenvalue weighted by Crippen LogP contribution is -2.34. The molecule has 1 aromatic carbocycles. The lowest BCUT2D eigenvalue weighted by Gasteiger charge is -2.27. The van der Waals surface area contributed by atoms with Crippen LogP contribution in [0.5, 0.6) is 0 Å². The van der Waals surface area contributed by atoms with Gasteiger partial charge in [-0.2, -0.15) is 0 Å². The average molecular weight is 422 g/mol. The minimum atomic E-state index is -1.31. The molecule has 29 heavy (non-hydrogen) atoms. The minimum absolute atomic E-state index is 0.0282. The van der Waals surface area contributed by atoms with Gasteiger partial charge in [0.1, 0.15) is 11.4 Å². The quantitative estimate of drug-likeness (QED) is 0.799. The van der Waals surface area contributed by atoms with Crippen molar-refractivity contribution in [1.82, 2.24) is 9.47 Å². The van der Waals surface area contributed by atoms with E-state index in [2.05, 4.69) is 11.8 Å². The lowest BCUT2D eigenvalue weighted by atomic mass is 10.00. The molecule has 1 aliphatic carbocycles. The highest BCUT2D eigenvalue weighted by Crippen LogP contribution is 2.43. The van der Waals surface area contributed by atoms with Crippen molar-refractivity contribution in [1.29, 1.82) is 0 Å². The maximum Gasteiger partial charge on any atom is 0.341 e. The van der Waals surface area contributed by atoms with Crippen molar-refractivity contribution in [2.24, 2.45) is 5.92 Å². The van der Waals surface area contributed by atoms with Crippen LogP contribution in [0.4, 0.5) is 10.1 Å². The van der Waals surface area contributed by atoms with Crippen LogP contribution in [0, 0.1) is 11.7 Å². The monoisotopic (exact) mass is 421 g/mol. The molecule has 1 aromatic heterocycles. The molecular weight excluding hydrogens is 397 g/mol. The molecule has 0 amide bonds. The van der Waals surface area contributed by atoms with Crippen LogP contribution < -0.4 is 10.3 Å². The Balaban J connectivity index is 1.85. The number of halogens is 2. The van der Waals surface area contributed by atoms with Crippen molar-refractivity contribution in [3.63, 3.8) is 0 Å². The third-order valence-electron chi connectivity index (χ3n) is 6.39. The van der Waals surface area contributed by atoms with E-state index < -0.39 is 17.2 Å². The van der Waals surface area contributed by atoms with Gasteiger partial charge in [-0.1, -0.05) is 11.6 Å². The molecule has 1 saturated carbocycles. The van der Waals surface area contributed by atoms with E-state index in [1.165, 1.54) is 6.20 Å². The van der Waals surface area contributed by atoms with Gasteiger partial charge >= 0.3 is 5.97 Å². The van der Waals surface area contributed by atoms with Crippen molar-refractivity contribution in [2.45, 2.75) is 38.3 Å². The molecule has 6 nitrogen and oxygen atoms in total. The molecule has 1 aliphatic heterocycles. The Bertz CT molecular complexity index is 1050. The first kappa shape index (κ1) is 20.2. The molecule has 2 aliphatic rings. The number of carboxylic acids is 1. The molecule has 0 spiro atoms. The van der Waals surface area contributed by atoms with Crippen molar-refractivity contribution < 1.29 is 14.3 Å². The van der Waals surface area contributed by atoms with Gasteiger partial charge in [-0.25, -0.2) is 9.18 Å². The number of hydrogen-bond acceptors (Lipinski definition) is 4. The van der Waals surface area contributed by atoms with Crippen LogP contribution in [0.2, 0.25) is 5.02 Å². The van der Waals surface area contributed by atoms with Gasteiger partial charge in [0.05, 0.1) is 21.6 Å². The zero-order valence-corrected chi connectivity index (χ0v) is 17.5. The number of anilines is 1. The Kier molecular flexibility index (Phi) is 5.07. The number of carboxylic acid groups (broad SMARTS) is 1. The fraction of sp³-hybridized carbons (Fsp3) is 0.524. The Morgan fingerprint density at radius 3 is 2.62 bits per heavy atom. The first-order chi connectivity index (χ1) is 13.7. The van der Waals surface area contributed by atoms with Crippen LogP contribution in [0.3, 0.4) is 0 Å². The zero-order chi connectivity index (χ0) is 21.0. The van der Waals surface area contributed by atoms with Gasteiger partial charge in [0.15, 0.2) is 0 Å². The zero-order valence-electron chi connectivity index (χ0n) is 16.8. The van der Waals surface area contributed by atoms with Crippen LogP contribution in [-0.4, -0.2) is 53.8 Å². The molecule has 156 valence electrons. The summed E-state index contributed by atoms with van der Waals surface area (Å²) in [5.74, 6) is -1.51. The first-order valence-corrected chi connectivity index (χ1v) is 10.3. The number of benzene rings is 1. The Hall–Kier alpha value is -2.12. The molecule has 1 N–H and O–H groups in total. The minimum Gasteiger partial charge on any atom is -0.477 e. The Morgan fingerprint density at radius 1 is 1.34 bits per heavy atom. The number of carbonyl (C=O) groups is 1. The maximum atomic E-state index is 15.1. The van der Waals surface area contributed by atoms with Crippen molar-refractivity contribution in [3.8, 4) is 0 Å². The molecule has 8 heteroatoms. The second kappa shape index (κ2) is 7.29. The van der Waals surface area contributed by atoms with Gasteiger partial charge in [0.25, 0.3) is 0 Å². The van der Waals surface area contributed by atoms with E-state index in [1.807, 2.05) is 19.0 Å². The molecular formula is C21H25ClFN3O3. The third kappa shape index (κ3) is 3.40. The van der Waals surface area contributed by atoms with Crippen molar-refractivity contribution in [2.75, 3.05) is 32.1 Å². The van der Waals surface area contributed by atoms with E-state index in [1.54, 1.807) is 4.57 Å². The molecule has 0 bridgehead atoms. The summed E-state index contributed by atoms with van der Waals surface area (Å²) in [4.78, 5) is 28.3. The predicted molar refractivity (Wildman–Crippen MR) is 112 cm³/mol. The Labute approximate surface area is 173 Å². The van der Waals surface area contributed by atoms with Crippen LogP contribution in [0.15, 0.2) is 17.1 Å². The normalized spacial score (nSPS) is 20.6. The SMILES string of the molecule is C[C@H]([C@@H]1CCN(c2c(F)cc3c(=O)c(C(=O)O)cn(C4CC4)c3c2Cl)C1)N(C)C. The topological polar surface area (TPSA) is 65.8 Å². The van der Waals surface area contributed by atoms with E-state index in [0.717, 1.165) is 25.3 Å².